The molecule has 0 saturated heterocycles. The van der Waals surface area contributed by atoms with Gasteiger partial charge in [0.25, 0.3) is 5.01 Å². The zero-order valence-corrected chi connectivity index (χ0v) is 10.8. The third-order valence-electron chi connectivity index (χ3n) is 2.10. The molecule has 0 bridgehead atoms. The van der Waals surface area contributed by atoms with Crippen LogP contribution in [-0.4, -0.2) is 10.4 Å². The molecule has 2 N–H and O–H groups in total. The van der Waals surface area contributed by atoms with Crippen LogP contribution in [-0.2, 0) is 11.6 Å². The van der Waals surface area contributed by atoms with E-state index in [1.54, 1.807) is 23.5 Å². The van der Waals surface area contributed by atoms with Gasteiger partial charge >= 0.3 is 8.25 Å². The molecule has 1 aromatic carbocycles. The van der Waals surface area contributed by atoms with Crippen LogP contribution in [0.4, 0.5) is 0 Å². The zero-order valence-electron chi connectivity index (χ0n) is 9.03. The van der Waals surface area contributed by atoms with Gasteiger partial charge in [-0.2, -0.15) is 4.57 Å². The molecular weight excluding hydrogens is 261 g/mol. The van der Waals surface area contributed by atoms with Gasteiger partial charge in [0.1, 0.15) is 18.4 Å². The fraction of sp³-hybridized carbons (Fsp3) is 0.100. The molecule has 1 atom stereocenters. The van der Waals surface area contributed by atoms with Gasteiger partial charge in [0.2, 0.25) is 0 Å². The Labute approximate surface area is 103 Å². The van der Waals surface area contributed by atoms with Crippen molar-refractivity contribution in [2.75, 3.05) is 0 Å². The smallest absolute Gasteiger partial charge is 0.365 e. The van der Waals surface area contributed by atoms with Gasteiger partial charge in [-0.1, -0.05) is 23.5 Å². The van der Waals surface area contributed by atoms with E-state index in [-0.39, 0.29) is 5.48 Å². The lowest BCUT2D eigenvalue weighted by Crippen LogP contribution is -2.26. The van der Waals surface area contributed by atoms with Gasteiger partial charge in [-0.05, 0) is 12.1 Å². The van der Waals surface area contributed by atoms with Crippen LogP contribution in [0.1, 0.15) is 0 Å². The molecule has 0 saturated carbocycles. The minimum absolute atomic E-state index is 0. The molecule has 0 aliphatic heterocycles. The van der Waals surface area contributed by atoms with E-state index in [1.165, 1.54) is 0 Å². The van der Waals surface area contributed by atoms with Crippen molar-refractivity contribution in [2.24, 2.45) is 7.05 Å². The summed E-state index contributed by atoms with van der Waals surface area (Å²) in [6, 6.07) is 7.20. The van der Waals surface area contributed by atoms with E-state index in [1.807, 2.05) is 35.3 Å². The standard InChI is InChI=1S/C10H10NO3PS.H2O/c1-11-6-7-16-10(11)8-4-2-3-5-9(8)14-15(12)13;/h2-7,15H,1H3;1H2. The summed E-state index contributed by atoms with van der Waals surface area (Å²) in [6.07, 6.45) is 1.93. The summed E-state index contributed by atoms with van der Waals surface area (Å²) in [5.74, 6) is 0.437. The molecule has 0 amide bonds. The summed E-state index contributed by atoms with van der Waals surface area (Å²) in [5, 5.41) is 2.94. The van der Waals surface area contributed by atoms with Crippen molar-refractivity contribution in [1.29, 1.82) is 0 Å². The SMILES string of the molecule is C[n+]1ccsc1-c1ccccc1O[PH](=O)O.[OH-]. The summed E-state index contributed by atoms with van der Waals surface area (Å²) >= 11 is 1.55. The van der Waals surface area contributed by atoms with Crippen molar-refractivity contribution in [3.63, 3.8) is 0 Å². The van der Waals surface area contributed by atoms with E-state index in [4.69, 9.17) is 9.42 Å². The number of benzene rings is 1. The molecule has 2 rings (SSSR count). The lowest BCUT2D eigenvalue weighted by Gasteiger charge is -2.04. The van der Waals surface area contributed by atoms with Gasteiger partial charge in [-0.15, -0.1) is 0 Å². The highest BCUT2D eigenvalue weighted by Gasteiger charge is 2.16. The van der Waals surface area contributed by atoms with Gasteiger partial charge in [-0.25, -0.2) is 4.57 Å². The fourth-order valence-electron chi connectivity index (χ4n) is 1.42. The number of hydrogen-bond acceptors (Lipinski definition) is 4. The normalized spacial score (nSPS) is 11.6. The maximum Gasteiger partial charge on any atom is 0.365 e. The first kappa shape index (κ1) is 13.9. The summed E-state index contributed by atoms with van der Waals surface area (Å²) in [6.45, 7) is 0. The highest BCUT2D eigenvalue weighted by Crippen LogP contribution is 2.34. The molecule has 1 unspecified atom stereocenters. The zero-order chi connectivity index (χ0) is 11.5. The first-order valence-electron chi connectivity index (χ1n) is 4.62. The molecule has 2 aromatic rings. The van der Waals surface area contributed by atoms with Crippen LogP contribution in [0.5, 0.6) is 5.75 Å². The Morgan fingerprint density at radius 3 is 2.71 bits per heavy atom. The number of aryl methyl sites for hydroxylation is 1. The number of thiazole rings is 1. The predicted molar refractivity (Wildman–Crippen MR) is 64.7 cm³/mol. The van der Waals surface area contributed by atoms with Crippen LogP contribution < -0.4 is 9.09 Å². The molecule has 0 radical (unpaired) electrons. The van der Waals surface area contributed by atoms with Crippen molar-refractivity contribution in [1.82, 2.24) is 0 Å². The van der Waals surface area contributed by atoms with E-state index in [2.05, 4.69) is 0 Å². The molecule has 1 heterocycles. The maximum absolute atomic E-state index is 10.7. The Kier molecular flexibility index (Phi) is 4.84. The first-order valence-corrected chi connectivity index (χ1v) is 6.76. The molecule has 0 fully saturated rings. The summed E-state index contributed by atoms with van der Waals surface area (Å²) in [4.78, 5) is 8.82. The average molecular weight is 273 g/mol. The van der Waals surface area contributed by atoms with E-state index in [0.29, 0.717) is 5.75 Å². The van der Waals surface area contributed by atoms with E-state index >= 15 is 0 Å². The fourth-order valence-corrected chi connectivity index (χ4v) is 2.68. The van der Waals surface area contributed by atoms with Crippen LogP contribution in [0.3, 0.4) is 0 Å². The second-order valence-corrected chi connectivity index (χ2v) is 4.81. The van der Waals surface area contributed by atoms with E-state index < -0.39 is 8.25 Å². The molecule has 7 heteroatoms. The Morgan fingerprint density at radius 2 is 2.12 bits per heavy atom. The lowest BCUT2D eigenvalue weighted by molar-refractivity contribution is -0.655. The highest BCUT2D eigenvalue weighted by atomic mass is 32.1. The predicted octanol–water partition coefficient (Wildman–Crippen LogP) is 1.82. The molecule has 0 spiro atoms. The lowest BCUT2D eigenvalue weighted by atomic mass is 10.2. The third kappa shape index (κ3) is 3.14. The first-order chi connectivity index (χ1) is 7.68. The number of hydrogen-bond donors (Lipinski definition) is 1. The summed E-state index contributed by atoms with van der Waals surface area (Å²) in [5.41, 5.74) is 0.826. The maximum atomic E-state index is 10.7. The summed E-state index contributed by atoms with van der Waals surface area (Å²) in [7, 11) is -1.05. The van der Waals surface area contributed by atoms with Crippen LogP contribution >= 0.6 is 19.6 Å². The Balaban J connectivity index is 0.00000144. The van der Waals surface area contributed by atoms with E-state index in [9.17, 15) is 4.57 Å². The Hall–Kier alpha value is -1.20. The monoisotopic (exact) mass is 273 g/mol. The highest BCUT2D eigenvalue weighted by molar-refractivity contribution is 7.32. The largest absolute Gasteiger partial charge is 0.870 e. The van der Waals surface area contributed by atoms with Crippen molar-refractivity contribution in [3.8, 4) is 16.3 Å². The number of nitrogens with zero attached hydrogens (tertiary/aromatic N) is 1. The molecule has 1 aromatic heterocycles. The second-order valence-electron chi connectivity index (χ2n) is 3.18. The van der Waals surface area contributed by atoms with Crippen LogP contribution in [0.2, 0.25) is 0 Å². The van der Waals surface area contributed by atoms with Gasteiger partial charge in [0.15, 0.2) is 6.20 Å². The number of para-hydroxylation sites is 1. The van der Waals surface area contributed by atoms with Crippen molar-refractivity contribution in [2.45, 2.75) is 0 Å². The Bertz CT molecular complexity index is 529. The minimum Gasteiger partial charge on any atom is -0.870 e. The van der Waals surface area contributed by atoms with Crippen molar-refractivity contribution in [3.05, 3.63) is 35.8 Å². The summed E-state index contributed by atoms with van der Waals surface area (Å²) < 4.78 is 17.6. The molecule has 0 aliphatic carbocycles. The molecular formula is C10H12NO4PS. The van der Waals surface area contributed by atoms with Gasteiger partial charge in [0.05, 0.1) is 5.38 Å². The van der Waals surface area contributed by atoms with Crippen LogP contribution in [0.15, 0.2) is 35.8 Å². The Morgan fingerprint density at radius 1 is 1.41 bits per heavy atom. The number of aromatic nitrogens is 1. The third-order valence-corrected chi connectivity index (χ3v) is 3.48. The van der Waals surface area contributed by atoms with Crippen molar-refractivity contribution >= 4 is 19.6 Å². The molecule has 17 heavy (non-hydrogen) atoms. The topological polar surface area (TPSA) is 80.4 Å². The van der Waals surface area contributed by atoms with Gasteiger partial charge in [-0.3, -0.25) is 0 Å². The van der Waals surface area contributed by atoms with Crippen LogP contribution in [0, 0.1) is 0 Å². The second kappa shape index (κ2) is 5.93. The van der Waals surface area contributed by atoms with Crippen molar-refractivity contribution < 1.29 is 24.0 Å². The van der Waals surface area contributed by atoms with Crippen LogP contribution in [0.25, 0.3) is 10.6 Å². The van der Waals surface area contributed by atoms with Gasteiger partial charge < -0.3 is 14.9 Å². The molecule has 5 nitrogen and oxygen atoms in total. The molecule has 0 aliphatic rings. The average Bonchev–Trinajstić information content (AvgIpc) is 2.64. The minimum atomic E-state index is -2.97. The van der Waals surface area contributed by atoms with E-state index in [0.717, 1.165) is 10.6 Å². The van der Waals surface area contributed by atoms with Gasteiger partial charge in [0, 0.05) is 0 Å². The quantitative estimate of drug-likeness (QED) is 0.683. The molecule has 92 valence electrons. The number of rotatable bonds is 3.